The van der Waals surface area contributed by atoms with Crippen molar-refractivity contribution < 1.29 is 19.5 Å². The van der Waals surface area contributed by atoms with Crippen LogP contribution in [-0.4, -0.2) is 29.6 Å². The summed E-state index contributed by atoms with van der Waals surface area (Å²) in [7, 11) is 0. The van der Waals surface area contributed by atoms with E-state index in [2.05, 4.69) is 4.84 Å². The number of aliphatic carboxylic acids is 1. The van der Waals surface area contributed by atoms with Gasteiger partial charge in [-0.3, -0.25) is 9.63 Å². The Morgan fingerprint density at radius 2 is 2.00 bits per heavy atom. The molecule has 6 nitrogen and oxygen atoms in total. The molecule has 0 unspecified atom stereocenters. The van der Waals surface area contributed by atoms with E-state index in [1.54, 1.807) is 0 Å². The highest BCUT2D eigenvalue weighted by Gasteiger charge is 2.14. The van der Waals surface area contributed by atoms with Crippen LogP contribution in [0.2, 0.25) is 0 Å². The Hall–Kier alpha value is -1.92. The smallest absolute Gasteiger partial charge is 0.332 e. The third-order valence-electron chi connectivity index (χ3n) is 2.00. The monoisotopic (exact) mass is 238 g/mol. The minimum atomic E-state index is -1.16. The van der Waals surface area contributed by atoms with Crippen LogP contribution in [0.1, 0.15) is 5.56 Å². The van der Waals surface area contributed by atoms with Crippen molar-refractivity contribution >= 4 is 11.9 Å². The average molecular weight is 238 g/mol. The van der Waals surface area contributed by atoms with Crippen LogP contribution in [0.15, 0.2) is 30.3 Å². The summed E-state index contributed by atoms with van der Waals surface area (Å²) in [6.07, 6.45) is 0.364. The molecule has 0 radical (unpaired) electrons. The molecule has 0 bridgehead atoms. The Labute approximate surface area is 98.3 Å². The van der Waals surface area contributed by atoms with Gasteiger partial charge in [0, 0.05) is 0 Å². The van der Waals surface area contributed by atoms with Gasteiger partial charge < -0.3 is 10.8 Å². The second-order valence-corrected chi connectivity index (χ2v) is 3.44. The van der Waals surface area contributed by atoms with E-state index < -0.39 is 24.5 Å². The van der Waals surface area contributed by atoms with Gasteiger partial charge in [0.25, 0.3) is 5.91 Å². The summed E-state index contributed by atoms with van der Waals surface area (Å²) in [6, 6.07) is 8.50. The normalized spacial score (nSPS) is 11.8. The second-order valence-electron chi connectivity index (χ2n) is 3.44. The summed E-state index contributed by atoms with van der Waals surface area (Å²) in [6.45, 7) is -0.593. The number of hydroxylamine groups is 1. The molecule has 0 heterocycles. The molecule has 0 saturated heterocycles. The minimum Gasteiger partial charge on any atom is -0.479 e. The summed E-state index contributed by atoms with van der Waals surface area (Å²) in [5.41, 5.74) is 8.54. The zero-order valence-electron chi connectivity index (χ0n) is 9.13. The van der Waals surface area contributed by atoms with Gasteiger partial charge in [0.2, 0.25) is 0 Å². The molecular formula is C11H14N2O4. The van der Waals surface area contributed by atoms with E-state index in [0.717, 1.165) is 5.56 Å². The Kier molecular flexibility index (Phi) is 5.12. The third kappa shape index (κ3) is 5.10. The van der Waals surface area contributed by atoms with Crippen molar-refractivity contribution in [1.29, 1.82) is 0 Å². The lowest BCUT2D eigenvalue weighted by Crippen LogP contribution is -2.42. The van der Waals surface area contributed by atoms with Crippen LogP contribution in [0.4, 0.5) is 0 Å². The van der Waals surface area contributed by atoms with Crippen LogP contribution in [0, 0.1) is 0 Å². The molecule has 1 atom stereocenters. The quantitative estimate of drug-likeness (QED) is 0.590. The van der Waals surface area contributed by atoms with E-state index in [0.29, 0.717) is 6.42 Å². The van der Waals surface area contributed by atoms with Crippen molar-refractivity contribution in [2.45, 2.75) is 12.5 Å². The standard InChI is InChI=1S/C11H14N2O4/c12-9(6-8-4-2-1-3-5-8)11(16)13-17-7-10(14)15/h1-5,9H,6-7,12H2,(H,13,16)(H,14,15)/t9-/m0/s1. The van der Waals surface area contributed by atoms with Gasteiger partial charge >= 0.3 is 5.97 Å². The maximum absolute atomic E-state index is 11.4. The van der Waals surface area contributed by atoms with E-state index in [-0.39, 0.29) is 0 Å². The second kappa shape index (κ2) is 6.62. The molecule has 1 aromatic rings. The molecule has 0 aliphatic carbocycles. The lowest BCUT2D eigenvalue weighted by molar-refractivity contribution is -0.149. The van der Waals surface area contributed by atoms with Crippen LogP contribution in [-0.2, 0) is 20.8 Å². The first kappa shape index (κ1) is 13.1. The molecule has 0 saturated carbocycles. The van der Waals surface area contributed by atoms with Crippen molar-refractivity contribution in [2.75, 3.05) is 6.61 Å². The molecule has 17 heavy (non-hydrogen) atoms. The lowest BCUT2D eigenvalue weighted by Gasteiger charge is -2.11. The van der Waals surface area contributed by atoms with E-state index in [9.17, 15) is 9.59 Å². The molecule has 1 aromatic carbocycles. The van der Waals surface area contributed by atoms with Gasteiger partial charge in [-0.2, -0.15) is 0 Å². The topological polar surface area (TPSA) is 102 Å². The van der Waals surface area contributed by atoms with Crippen molar-refractivity contribution in [1.82, 2.24) is 5.48 Å². The predicted molar refractivity (Wildman–Crippen MR) is 59.9 cm³/mol. The molecule has 0 aliphatic heterocycles. The third-order valence-corrected chi connectivity index (χ3v) is 2.00. The minimum absolute atomic E-state index is 0.364. The van der Waals surface area contributed by atoms with Crippen LogP contribution in [0.3, 0.4) is 0 Å². The van der Waals surface area contributed by atoms with Gasteiger partial charge in [0.1, 0.15) is 0 Å². The van der Waals surface area contributed by atoms with Crippen LogP contribution in [0.5, 0.6) is 0 Å². The van der Waals surface area contributed by atoms with Gasteiger partial charge in [-0.05, 0) is 12.0 Å². The molecule has 1 amide bonds. The fraction of sp³-hybridized carbons (Fsp3) is 0.273. The van der Waals surface area contributed by atoms with Gasteiger partial charge in [0.05, 0.1) is 6.04 Å². The average Bonchev–Trinajstić information content (AvgIpc) is 2.29. The lowest BCUT2D eigenvalue weighted by atomic mass is 10.1. The Morgan fingerprint density at radius 3 is 2.59 bits per heavy atom. The first-order valence-corrected chi connectivity index (χ1v) is 5.02. The van der Waals surface area contributed by atoms with Gasteiger partial charge in [-0.1, -0.05) is 30.3 Å². The maximum atomic E-state index is 11.4. The highest BCUT2D eigenvalue weighted by molar-refractivity contribution is 5.81. The molecule has 92 valence electrons. The van der Waals surface area contributed by atoms with Gasteiger partial charge in [-0.15, -0.1) is 0 Å². The van der Waals surface area contributed by atoms with E-state index in [1.807, 2.05) is 35.8 Å². The Balaban J connectivity index is 2.34. The number of carbonyl (C=O) groups is 2. The largest absolute Gasteiger partial charge is 0.479 e. The molecular weight excluding hydrogens is 224 g/mol. The van der Waals surface area contributed by atoms with Crippen molar-refractivity contribution in [3.05, 3.63) is 35.9 Å². The molecule has 0 fully saturated rings. The zero-order valence-corrected chi connectivity index (χ0v) is 9.13. The number of amides is 1. The van der Waals surface area contributed by atoms with Gasteiger partial charge in [0.15, 0.2) is 6.61 Å². The number of hydrogen-bond donors (Lipinski definition) is 3. The van der Waals surface area contributed by atoms with Gasteiger partial charge in [-0.25, -0.2) is 10.3 Å². The van der Waals surface area contributed by atoms with Crippen molar-refractivity contribution in [2.24, 2.45) is 5.73 Å². The van der Waals surface area contributed by atoms with Crippen LogP contribution in [0.25, 0.3) is 0 Å². The number of nitrogens with one attached hydrogen (secondary N) is 1. The number of nitrogens with two attached hydrogens (primary N) is 1. The van der Waals surface area contributed by atoms with E-state index in [1.165, 1.54) is 0 Å². The Bertz CT molecular complexity index is 380. The number of hydrogen-bond acceptors (Lipinski definition) is 4. The number of carbonyl (C=O) groups excluding carboxylic acids is 1. The number of carboxylic acids is 1. The summed E-state index contributed by atoms with van der Waals surface area (Å²) in [4.78, 5) is 25.9. The summed E-state index contributed by atoms with van der Waals surface area (Å²) in [5.74, 6) is -1.71. The van der Waals surface area contributed by atoms with Crippen molar-refractivity contribution in [3.63, 3.8) is 0 Å². The first-order chi connectivity index (χ1) is 8.09. The highest BCUT2D eigenvalue weighted by atomic mass is 16.7. The number of rotatable bonds is 6. The molecule has 0 aliphatic rings. The summed E-state index contributed by atoms with van der Waals surface area (Å²) >= 11 is 0. The summed E-state index contributed by atoms with van der Waals surface area (Å²) < 4.78 is 0. The van der Waals surface area contributed by atoms with E-state index >= 15 is 0 Å². The Morgan fingerprint density at radius 1 is 1.35 bits per heavy atom. The van der Waals surface area contributed by atoms with Crippen molar-refractivity contribution in [3.8, 4) is 0 Å². The van der Waals surface area contributed by atoms with E-state index in [4.69, 9.17) is 10.8 Å². The number of benzene rings is 1. The predicted octanol–water partition coefficient (Wildman–Crippen LogP) is -0.311. The van der Waals surface area contributed by atoms with Crippen LogP contribution >= 0.6 is 0 Å². The SMILES string of the molecule is N[C@@H](Cc1ccccc1)C(=O)NOCC(=O)O. The van der Waals surface area contributed by atoms with Crippen LogP contribution < -0.4 is 11.2 Å². The molecule has 1 rings (SSSR count). The molecule has 6 heteroatoms. The molecule has 0 spiro atoms. The summed E-state index contributed by atoms with van der Waals surface area (Å²) in [5, 5.41) is 8.29. The zero-order chi connectivity index (χ0) is 12.7. The first-order valence-electron chi connectivity index (χ1n) is 5.02. The maximum Gasteiger partial charge on any atom is 0.332 e. The fourth-order valence-corrected chi connectivity index (χ4v) is 1.21. The highest BCUT2D eigenvalue weighted by Crippen LogP contribution is 2.01. The molecule has 0 aromatic heterocycles. The number of carboxylic acid groups (broad SMARTS) is 1. The molecule has 4 N–H and O–H groups in total. The fourth-order valence-electron chi connectivity index (χ4n) is 1.21.